The molecule has 0 spiro atoms. The van der Waals surface area contributed by atoms with E-state index in [4.69, 9.17) is 0 Å². The first-order valence-corrected chi connectivity index (χ1v) is 11.2. The zero-order valence-corrected chi connectivity index (χ0v) is 18.6. The summed E-state index contributed by atoms with van der Waals surface area (Å²) in [4.78, 5) is 37.9. The molecule has 32 heavy (non-hydrogen) atoms. The third kappa shape index (κ3) is 4.83. The van der Waals surface area contributed by atoms with Gasteiger partial charge in [0.2, 0.25) is 16.9 Å². The third-order valence-corrected chi connectivity index (χ3v) is 6.26. The molecule has 164 valence electrons. The predicted octanol–water partition coefficient (Wildman–Crippen LogP) is 3.83. The number of carbonyl (C=O) groups excluding carboxylic acids is 3. The van der Waals surface area contributed by atoms with Gasteiger partial charge in [0.25, 0.3) is 5.91 Å². The molecule has 2 aromatic carbocycles. The highest BCUT2D eigenvalue weighted by Gasteiger charge is 2.34. The zero-order chi connectivity index (χ0) is 22.7. The van der Waals surface area contributed by atoms with E-state index in [1.165, 1.54) is 23.8 Å². The molecule has 0 aliphatic carbocycles. The van der Waals surface area contributed by atoms with Crippen molar-refractivity contribution in [2.24, 2.45) is 0 Å². The fourth-order valence-corrected chi connectivity index (χ4v) is 4.39. The highest BCUT2D eigenvalue weighted by molar-refractivity contribution is 7.15. The molecule has 3 aromatic rings. The molecule has 9 heteroatoms. The van der Waals surface area contributed by atoms with E-state index >= 15 is 0 Å². The van der Waals surface area contributed by atoms with Crippen LogP contribution in [-0.4, -0.2) is 34.5 Å². The first-order chi connectivity index (χ1) is 15.4. The van der Waals surface area contributed by atoms with E-state index in [1.807, 2.05) is 24.3 Å². The first kappa shape index (κ1) is 21.6. The number of anilines is 3. The Kier molecular flexibility index (Phi) is 6.27. The summed E-state index contributed by atoms with van der Waals surface area (Å²) in [7, 11) is 0. The van der Waals surface area contributed by atoms with Gasteiger partial charge in [-0.15, -0.1) is 10.2 Å². The van der Waals surface area contributed by atoms with E-state index in [0.29, 0.717) is 29.3 Å². The number of aromatic nitrogens is 2. The Labute approximate surface area is 189 Å². The van der Waals surface area contributed by atoms with Gasteiger partial charge in [-0.25, -0.2) is 0 Å². The van der Waals surface area contributed by atoms with E-state index in [2.05, 4.69) is 27.8 Å². The average molecular weight is 450 g/mol. The van der Waals surface area contributed by atoms with E-state index in [9.17, 15) is 14.4 Å². The van der Waals surface area contributed by atoms with Gasteiger partial charge >= 0.3 is 0 Å². The second-order valence-corrected chi connectivity index (χ2v) is 8.59. The molecular formula is C23H23N5O3S. The largest absolute Gasteiger partial charge is 0.326 e. The number of benzene rings is 2. The number of aryl methyl sites for hydroxylation is 1. The summed E-state index contributed by atoms with van der Waals surface area (Å²) in [5.74, 6) is -0.500. The molecule has 0 unspecified atom stereocenters. The summed E-state index contributed by atoms with van der Waals surface area (Å²) in [5, 5.41) is 14.8. The van der Waals surface area contributed by atoms with Gasteiger partial charge in [-0.05, 0) is 48.4 Å². The quantitative estimate of drug-likeness (QED) is 0.595. The number of carbonyl (C=O) groups is 3. The SMILES string of the molecule is CCc1ccc(N2C[C@@H](c3nnc(NC(=O)c4ccc(NC(C)=O)cc4)s3)CC2=O)cc1. The molecule has 8 nitrogen and oxygen atoms in total. The average Bonchev–Trinajstić information content (AvgIpc) is 3.40. The Bertz CT molecular complexity index is 1140. The van der Waals surface area contributed by atoms with Crippen LogP contribution in [0.4, 0.5) is 16.5 Å². The van der Waals surface area contributed by atoms with Crippen LogP contribution < -0.4 is 15.5 Å². The van der Waals surface area contributed by atoms with E-state index in [1.54, 1.807) is 29.2 Å². The van der Waals surface area contributed by atoms with Crippen LogP contribution in [-0.2, 0) is 16.0 Å². The van der Waals surface area contributed by atoms with Crippen molar-refractivity contribution in [1.29, 1.82) is 0 Å². The van der Waals surface area contributed by atoms with E-state index < -0.39 is 0 Å². The summed E-state index contributed by atoms with van der Waals surface area (Å²) in [6, 6.07) is 14.6. The Balaban J connectivity index is 1.39. The molecule has 1 saturated heterocycles. The molecule has 1 atom stereocenters. The van der Waals surface area contributed by atoms with Gasteiger partial charge in [0.1, 0.15) is 5.01 Å². The van der Waals surface area contributed by atoms with Crippen LogP contribution in [0.1, 0.15) is 47.1 Å². The maximum atomic E-state index is 12.6. The normalized spacial score (nSPS) is 15.6. The topological polar surface area (TPSA) is 104 Å². The number of amides is 3. The fraction of sp³-hybridized carbons (Fsp3) is 0.261. The number of nitrogens with zero attached hydrogens (tertiary/aromatic N) is 3. The summed E-state index contributed by atoms with van der Waals surface area (Å²) in [6.07, 6.45) is 1.32. The van der Waals surface area contributed by atoms with Crippen LogP contribution in [0.3, 0.4) is 0 Å². The summed E-state index contributed by atoms with van der Waals surface area (Å²) < 4.78 is 0. The van der Waals surface area contributed by atoms with Crippen molar-refractivity contribution in [3.63, 3.8) is 0 Å². The highest BCUT2D eigenvalue weighted by atomic mass is 32.1. The van der Waals surface area contributed by atoms with E-state index in [0.717, 1.165) is 17.1 Å². The fourth-order valence-electron chi connectivity index (χ4n) is 3.56. The van der Waals surface area contributed by atoms with Gasteiger partial charge in [-0.2, -0.15) is 0 Å². The molecule has 2 N–H and O–H groups in total. The molecule has 1 aromatic heterocycles. The molecule has 2 heterocycles. The standard InChI is InChI=1S/C23H23N5O3S/c1-3-15-4-10-19(11-5-15)28-13-17(12-20(28)30)22-26-27-23(32-22)25-21(31)16-6-8-18(9-7-16)24-14(2)29/h4-11,17H,3,12-13H2,1-2H3,(H,24,29)(H,25,27,31)/t17-/m0/s1. The maximum Gasteiger partial charge on any atom is 0.257 e. The number of hydrogen-bond donors (Lipinski definition) is 2. The summed E-state index contributed by atoms with van der Waals surface area (Å²) in [6.45, 7) is 4.06. The minimum absolute atomic E-state index is 0.0549. The Morgan fingerprint density at radius 2 is 1.78 bits per heavy atom. The van der Waals surface area contributed by atoms with Crippen LogP contribution in [0, 0.1) is 0 Å². The molecule has 3 amide bonds. The van der Waals surface area contributed by atoms with Gasteiger partial charge in [0.15, 0.2) is 0 Å². The second-order valence-electron chi connectivity index (χ2n) is 7.58. The monoisotopic (exact) mass is 449 g/mol. The maximum absolute atomic E-state index is 12.6. The zero-order valence-electron chi connectivity index (χ0n) is 17.8. The van der Waals surface area contributed by atoms with Gasteiger partial charge in [-0.1, -0.05) is 30.4 Å². The van der Waals surface area contributed by atoms with Crippen molar-refractivity contribution in [3.05, 3.63) is 64.7 Å². The van der Waals surface area contributed by atoms with Crippen molar-refractivity contribution in [2.75, 3.05) is 22.1 Å². The van der Waals surface area contributed by atoms with Crippen LogP contribution in [0.15, 0.2) is 48.5 Å². The van der Waals surface area contributed by atoms with E-state index in [-0.39, 0.29) is 23.6 Å². The van der Waals surface area contributed by atoms with Gasteiger partial charge < -0.3 is 10.2 Å². The number of rotatable bonds is 6. The lowest BCUT2D eigenvalue weighted by Gasteiger charge is -2.16. The van der Waals surface area contributed by atoms with Gasteiger partial charge in [0, 0.05) is 42.7 Å². The summed E-state index contributed by atoms with van der Waals surface area (Å²) in [5.41, 5.74) is 3.17. The van der Waals surface area contributed by atoms with Crippen LogP contribution in [0.2, 0.25) is 0 Å². The van der Waals surface area contributed by atoms with Crippen LogP contribution in [0.5, 0.6) is 0 Å². The Morgan fingerprint density at radius 1 is 1.06 bits per heavy atom. The Morgan fingerprint density at radius 3 is 2.44 bits per heavy atom. The molecule has 1 fully saturated rings. The molecule has 1 aliphatic heterocycles. The molecule has 1 aliphatic rings. The lowest BCUT2D eigenvalue weighted by Crippen LogP contribution is -2.24. The van der Waals surface area contributed by atoms with Crippen LogP contribution in [0.25, 0.3) is 0 Å². The number of nitrogens with one attached hydrogen (secondary N) is 2. The third-order valence-electron chi connectivity index (χ3n) is 5.26. The lowest BCUT2D eigenvalue weighted by atomic mass is 10.1. The van der Waals surface area contributed by atoms with Crippen molar-refractivity contribution >= 4 is 45.6 Å². The second kappa shape index (κ2) is 9.27. The minimum atomic E-state index is -0.317. The molecule has 0 bridgehead atoms. The minimum Gasteiger partial charge on any atom is -0.326 e. The molecule has 0 saturated carbocycles. The van der Waals surface area contributed by atoms with Crippen molar-refractivity contribution in [2.45, 2.75) is 32.6 Å². The van der Waals surface area contributed by atoms with Crippen molar-refractivity contribution in [3.8, 4) is 0 Å². The molecule has 4 rings (SSSR count). The molecule has 0 radical (unpaired) electrons. The lowest BCUT2D eigenvalue weighted by molar-refractivity contribution is -0.117. The summed E-state index contributed by atoms with van der Waals surface area (Å²) >= 11 is 1.28. The van der Waals surface area contributed by atoms with Gasteiger partial charge in [0.05, 0.1) is 0 Å². The van der Waals surface area contributed by atoms with Crippen LogP contribution >= 0.6 is 11.3 Å². The van der Waals surface area contributed by atoms with Gasteiger partial charge in [-0.3, -0.25) is 19.7 Å². The molecular weight excluding hydrogens is 426 g/mol. The highest BCUT2D eigenvalue weighted by Crippen LogP contribution is 2.34. The van der Waals surface area contributed by atoms with Crippen molar-refractivity contribution < 1.29 is 14.4 Å². The first-order valence-electron chi connectivity index (χ1n) is 10.3. The smallest absolute Gasteiger partial charge is 0.257 e. The number of hydrogen-bond acceptors (Lipinski definition) is 6. The Hall–Kier alpha value is -3.59. The predicted molar refractivity (Wildman–Crippen MR) is 124 cm³/mol. The van der Waals surface area contributed by atoms with Crippen molar-refractivity contribution in [1.82, 2.24) is 10.2 Å².